The molecule has 1 amide bonds. The minimum atomic E-state index is -0.518. The molecule has 0 heterocycles. The fourth-order valence-electron chi connectivity index (χ4n) is 0.994. The van der Waals surface area contributed by atoms with Gasteiger partial charge in [-0.2, -0.15) is 0 Å². The first-order valence-electron chi connectivity index (χ1n) is 4.64. The van der Waals surface area contributed by atoms with Crippen molar-refractivity contribution in [1.29, 1.82) is 0 Å². The minimum Gasteiger partial charge on any atom is -0.392 e. The molecule has 4 heteroatoms. The second-order valence-corrected chi connectivity index (χ2v) is 3.83. The number of nitrogens with two attached hydrogens (primary N) is 1. The van der Waals surface area contributed by atoms with Crippen LogP contribution in [0, 0.1) is 5.92 Å². The summed E-state index contributed by atoms with van der Waals surface area (Å²) in [4.78, 5) is 11.2. The lowest BCUT2D eigenvalue weighted by Crippen LogP contribution is -2.43. The van der Waals surface area contributed by atoms with Crippen LogP contribution in [0.3, 0.4) is 0 Å². The SMILES string of the molecule is CC(C)CC(N)C(=O)NC[C@H](C)O. The molecule has 0 aromatic carbocycles. The summed E-state index contributed by atoms with van der Waals surface area (Å²) in [6.07, 6.45) is 0.154. The standard InChI is InChI=1S/C9H20N2O2/c1-6(2)4-8(10)9(13)11-5-7(3)12/h6-8,12H,4-5,10H2,1-3H3,(H,11,13)/t7-,8?/m0/s1. The number of aliphatic hydroxyl groups is 1. The highest BCUT2D eigenvalue weighted by atomic mass is 16.3. The number of hydrogen-bond acceptors (Lipinski definition) is 3. The summed E-state index contributed by atoms with van der Waals surface area (Å²) in [5, 5.41) is 11.5. The van der Waals surface area contributed by atoms with Crippen LogP contribution in [0.2, 0.25) is 0 Å². The van der Waals surface area contributed by atoms with Crippen molar-refractivity contribution >= 4 is 5.91 Å². The molecular weight excluding hydrogens is 168 g/mol. The Balaban J connectivity index is 3.69. The summed E-state index contributed by atoms with van der Waals surface area (Å²) in [5.41, 5.74) is 5.61. The first kappa shape index (κ1) is 12.4. The molecule has 0 aliphatic rings. The molecule has 0 aromatic rings. The van der Waals surface area contributed by atoms with Gasteiger partial charge in [-0.3, -0.25) is 4.79 Å². The molecule has 0 bridgehead atoms. The van der Waals surface area contributed by atoms with Crippen molar-refractivity contribution in [3.63, 3.8) is 0 Å². The zero-order valence-corrected chi connectivity index (χ0v) is 8.58. The van der Waals surface area contributed by atoms with Gasteiger partial charge in [-0.15, -0.1) is 0 Å². The van der Waals surface area contributed by atoms with Crippen molar-refractivity contribution in [3.05, 3.63) is 0 Å². The van der Waals surface area contributed by atoms with Crippen molar-refractivity contribution in [2.45, 2.75) is 39.3 Å². The van der Waals surface area contributed by atoms with E-state index in [9.17, 15) is 4.79 Å². The third-order valence-corrected chi connectivity index (χ3v) is 1.63. The van der Waals surface area contributed by atoms with Gasteiger partial charge in [0, 0.05) is 6.54 Å². The van der Waals surface area contributed by atoms with Gasteiger partial charge >= 0.3 is 0 Å². The van der Waals surface area contributed by atoms with Gasteiger partial charge in [0.25, 0.3) is 0 Å². The average molecular weight is 188 g/mol. The highest BCUT2D eigenvalue weighted by molar-refractivity contribution is 5.81. The molecule has 0 rings (SSSR count). The van der Waals surface area contributed by atoms with Gasteiger partial charge in [0.2, 0.25) is 5.91 Å². The van der Waals surface area contributed by atoms with E-state index in [1.165, 1.54) is 0 Å². The minimum absolute atomic E-state index is 0.186. The van der Waals surface area contributed by atoms with E-state index in [1.54, 1.807) is 6.92 Å². The molecule has 0 aliphatic carbocycles. The fraction of sp³-hybridized carbons (Fsp3) is 0.889. The molecule has 4 N–H and O–H groups in total. The molecule has 13 heavy (non-hydrogen) atoms. The van der Waals surface area contributed by atoms with Gasteiger partial charge in [0.1, 0.15) is 0 Å². The summed E-state index contributed by atoms with van der Waals surface area (Å²) in [7, 11) is 0. The first-order valence-corrected chi connectivity index (χ1v) is 4.64. The Morgan fingerprint density at radius 3 is 2.38 bits per heavy atom. The van der Waals surface area contributed by atoms with Crippen LogP contribution in [0.5, 0.6) is 0 Å². The summed E-state index contributed by atoms with van der Waals surface area (Å²) in [5.74, 6) is 0.224. The van der Waals surface area contributed by atoms with E-state index in [1.807, 2.05) is 13.8 Å². The molecule has 4 nitrogen and oxygen atoms in total. The molecule has 0 radical (unpaired) electrons. The molecule has 1 unspecified atom stereocenters. The Morgan fingerprint density at radius 2 is 2.00 bits per heavy atom. The van der Waals surface area contributed by atoms with E-state index in [4.69, 9.17) is 10.8 Å². The van der Waals surface area contributed by atoms with E-state index >= 15 is 0 Å². The Bertz CT molecular complexity index is 158. The maximum atomic E-state index is 11.2. The van der Waals surface area contributed by atoms with Crippen LogP contribution in [0.4, 0.5) is 0 Å². The molecule has 0 spiro atoms. The summed E-state index contributed by atoms with van der Waals surface area (Å²) in [6.45, 7) is 5.92. The van der Waals surface area contributed by atoms with Crippen molar-refractivity contribution in [3.8, 4) is 0 Å². The van der Waals surface area contributed by atoms with Gasteiger partial charge in [-0.1, -0.05) is 13.8 Å². The number of nitrogens with one attached hydrogen (secondary N) is 1. The topological polar surface area (TPSA) is 75.4 Å². The second-order valence-electron chi connectivity index (χ2n) is 3.83. The lowest BCUT2D eigenvalue weighted by Gasteiger charge is -2.14. The van der Waals surface area contributed by atoms with Crippen LogP contribution in [-0.4, -0.2) is 29.7 Å². The Morgan fingerprint density at radius 1 is 1.46 bits per heavy atom. The van der Waals surface area contributed by atoms with Crippen LogP contribution >= 0.6 is 0 Å². The van der Waals surface area contributed by atoms with Crippen molar-refractivity contribution in [1.82, 2.24) is 5.32 Å². The molecular formula is C9H20N2O2. The van der Waals surface area contributed by atoms with Crippen LogP contribution in [0.25, 0.3) is 0 Å². The third kappa shape index (κ3) is 6.54. The number of aliphatic hydroxyl groups excluding tert-OH is 1. The largest absolute Gasteiger partial charge is 0.392 e. The maximum absolute atomic E-state index is 11.2. The molecule has 0 aromatic heterocycles. The van der Waals surface area contributed by atoms with Crippen LogP contribution in [0.15, 0.2) is 0 Å². The summed E-state index contributed by atoms with van der Waals surface area (Å²) in [6, 6.07) is -0.459. The molecule has 0 aliphatic heterocycles. The fourth-order valence-corrected chi connectivity index (χ4v) is 0.994. The molecule has 0 fully saturated rings. The monoisotopic (exact) mass is 188 g/mol. The highest BCUT2D eigenvalue weighted by Gasteiger charge is 2.14. The molecule has 78 valence electrons. The molecule has 0 saturated heterocycles. The van der Waals surface area contributed by atoms with Crippen molar-refractivity contribution in [2.75, 3.05) is 6.54 Å². The van der Waals surface area contributed by atoms with E-state index in [-0.39, 0.29) is 12.5 Å². The Kier molecular flexibility index (Phi) is 5.66. The number of hydrogen-bond donors (Lipinski definition) is 3. The van der Waals surface area contributed by atoms with Gasteiger partial charge in [-0.05, 0) is 19.3 Å². The number of carbonyl (C=O) groups excluding carboxylic acids is 1. The van der Waals surface area contributed by atoms with E-state index < -0.39 is 12.1 Å². The number of carbonyl (C=O) groups is 1. The molecule has 0 saturated carbocycles. The lowest BCUT2D eigenvalue weighted by molar-refractivity contribution is -0.123. The molecule has 2 atom stereocenters. The lowest BCUT2D eigenvalue weighted by atomic mass is 10.0. The highest BCUT2D eigenvalue weighted by Crippen LogP contribution is 2.02. The number of amides is 1. The van der Waals surface area contributed by atoms with E-state index in [0.717, 1.165) is 0 Å². The van der Waals surface area contributed by atoms with Gasteiger partial charge < -0.3 is 16.2 Å². The predicted octanol–water partition coefficient (Wildman–Crippen LogP) is -0.143. The summed E-state index contributed by atoms with van der Waals surface area (Å²) >= 11 is 0. The van der Waals surface area contributed by atoms with Gasteiger partial charge in [0.05, 0.1) is 12.1 Å². The normalized spacial score (nSPS) is 15.5. The quantitative estimate of drug-likeness (QED) is 0.562. The average Bonchev–Trinajstić information content (AvgIpc) is 1.98. The van der Waals surface area contributed by atoms with Crippen LogP contribution < -0.4 is 11.1 Å². The second kappa shape index (κ2) is 5.94. The van der Waals surface area contributed by atoms with Crippen molar-refractivity contribution in [2.24, 2.45) is 11.7 Å². The third-order valence-electron chi connectivity index (χ3n) is 1.63. The Labute approximate surface area is 79.5 Å². The van der Waals surface area contributed by atoms with Crippen LogP contribution in [-0.2, 0) is 4.79 Å². The van der Waals surface area contributed by atoms with Gasteiger partial charge in [0.15, 0.2) is 0 Å². The van der Waals surface area contributed by atoms with Crippen LogP contribution in [0.1, 0.15) is 27.2 Å². The Hall–Kier alpha value is -0.610. The first-order chi connectivity index (χ1) is 5.93. The van der Waals surface area contributed by atoms with Crippen molar-refractivity contribution < 1.29 is 9.90 Å². The zero-order valence-electron chi connectivity index (χ0n) is 8.58. The van der Waals surface area contributed by atoms with Gasteiger partial charge in [-0.25, -0.2) is 0 Å². The van der Waals surface area contributed by atoms with E-state index in [0.29, 0.717) is 12.3 Å². The maximum Gasteiger partial charge on any atom is 0.237 e. The smallest absolute Gasteiger partial charge is 0.237 e. The zero-order chi connectivity index (χ0) is 10.4. The van der Waals surface area contributed by atoms with E-state index in [2.05, 4.69) is 5.32 Å². The summed E-state index contributed by atoms with van der Waals surface area (Å²) < 4.78 is 0. The predicted molar refractivity (Wildman–Crippen MR) is 52.1 cm³/mol. The number of rotatable bonds is 5.